The van der Waals surface area contributed by atoms with E-state index >= 15 is 0 Å². The Kier molecular flexibility index (Phi) is 9.87. The van der Waals surface area contributed by atoms with Crippen molar-refractivity contribution in [1.29, 1.82) is 0 Å². The molecular weight excluding hydrogens is 341 g/mol. The zero-order chi connectivity index (χ0) is 15.2. The lowest BCUT2D eigenvalue weighted by Crippen LogP contribution is -2.49. The molecule has 2 heterocycles. The van der Waals surface area contributed by atoms with Crippen LogP contribution in [0.25, 0.3) is 0 Å². The second-order valence-corrected chi connectivity index (χ2v) is 5.47. The van der Waals surface area contributed by atoms with Crippen LogP contribution in [0.2, 0.25) is 0 Å². The summed E-state index contributed by atoms with van der Waals surface area (Å²) in [5.74, 6) is -0.247. The molecule has 2 amide bonds. The maximum Gasteiger partial charge on any atom is 0.247 e. The van der Waals surface area contributed by atoms with Gasteiger partial charge in [0.2, 0.25) is 11.8 Å². The van der Waals surface area contributed by atoms with Crippen LogP contribution in [0.4, 0.5) is 0 Å². The molecule has 1 fully saturated rings. The molecule has 0 spiro atoms. The number of nitrogens with zero attached hydrogens (tertiary/aromatic N) is 3. The molecule has 1 aliphatic heterocycles. The van der Waals surface area contributed by atoms with Crippen LogP contribution in [0.3, 0.4) is 0 Å². The minimum atomic E-state index is -0.408. The summed E-state index contributed by atoms with van der Waals surface area (Å²) in [4.78, 5) is 25.7. The highest BCUT2D eigenvalue weighted by Gasteiger charge is 2.22. The van der Waals surface area contributed by atoms with E-state index in [0.717, 1.165) is 25.9 Å². The van der Waals surface area contributed by atoms with Gasteiger partial charge in [-0.15, -0.1) is 24.8 Å². The second kappa shape index (κ2) is 10.5. The molecule has 0 aromatic carbocycles. The van der Waals surface area contributed by atoms with Gasteiger partial charge in [-0.3, -0.25) is 14.3 Å². The highest BCUT2D eigenvalue weighted by Crippen LogP contribution is 2.07. The van der Waals surface area contributed by atoms with Gasteiger partial charge in [0.25, 0.3) is 0 Å². The molecule has 2 rings (SSSR count). The summed E-state index contributed by atoms with van der Waals surface area (Å²) >= 11 is 0. The Hall–Kier alpha value is -1.31. The lowest BCUT2D eigenvalue weighted by Gasteiger charge is -2.26. The Morgan fingerprint density at radius 2 is 2.22 bits per heavy atom. The number of likely N-dealkylation sites (N-methyl/N-ethyl adjacent to an activating group) is 1. The number of rotatable bonds is 5. The summed E-state index contributed by atoms with van der Waals surface area (Å²) in [6.07, 6.45) is 5.42. The monoisotopic (exact) mass is 365 g/mol. The van der Waals surface area contributed by atoms with Crippen LogP contribution < -0.4 is 10.6 Å². The smallest absolute Gasteiger partial charge is 0.247 e. The zero-order valence-corrected chi connectivity index (χ0v) is 15.0. The molecule has 0 bridgehead atoms. The van der Waals surface area contributed by atoms with Crippen molar-refractivity contribution in [3.63, 3.8) is 0 Å². The summed E-state index contributed by atoms with van der Waals surface area (Å²) in [5, 5.41) is 10.3. The van der Waals surface area contributed by atoms with Gasteiger partial charge in [-0.25, -0.2) is 0 Å². The van der Waals surface area contributed by atoms with E-state index in [4.69, 9.17) is 0 Å². The topological polar surface area (TPSA) is 79.3 Å². The van der Waals surface area contributed by atoms with Gasteiger partial charge in [0.1, 0.15) is 6.04 Å². The number of nitrogens with one attached hydrogen (secondary N) is 2. The molecule has 132 valence electrons. The molecule has 0 aliphatic carbocycles. The summed E-state index contributed by atoms with van der Waals surface area (Å²) in [7, 11) is 1.64. The lowest BCUT2D eigenvalue weighted by molar-refractivity contribution is -0.137. The van der Waals surface area contributed by atoms with Crippen LogP contribution >= 0.6 is 24.8 Å². The number of carbonyl (C=O) groups excluding carboxylic acids is 2. The minimum Gasteiger partial charge on any atom is -0.351 e. The first-order chi connectivity index (χ1) is 10.1. The third-order valence-corrected chi connectivity index (χ3v) is 3.70. The highest BCUT2D eigenvalue weighted by molar-refractivity contribution is 5.86. The Morgan fingerprint density at radius 3 is 2.78 bits per heavy atom. The number of carbonyl (C=O) groups is 2. The Balaban J connectivity index is 0.00000242. The fraction of sp³-hybridized carbons (Fsp3) is 0.643. The van der Waals surface area contributed by atoms with Crippen LogP contribution in [-0.2, 0) is 9.59 Å². The summed E-state index contributed by atoms with van der Waals surface area (Å²) < 4.78 is 1.59. The van der Waals surface area contributed by atoms with Gasteiger partial charge < -0.3 is 15.5 Å². The van der Waals surface area contributed by atoms with E-state index in [9.17, 15) is 9.59 Å². The fourth-order valence-corrected chi connectivity index (χ4v) is 2.48. The molecular formula is C14H25Cl2N5O2. The molecule has 2 N–H and O–H groups in total. The first-order valence-electron chi connectivity index (χ1n) is 7.32. The fourth-order valence-electron chi connectivity index (χ4n) is 2.48. The molecule has 1 aromatic rings. The quantitative estimate of drug-likeness (QED) is 0.801. The molecule has 1 aliphatic rings. The number of amides is 2. The average Bonchev–Trinajstić information content (AvgIpc) is 3.00. The van der Waals surface area contributed by atoms with Crippen molar-refractivity contribution >= 4 is 36.6 Å². The van der Waals surface area contributed by atoms with E-state index in [0.29, 0.717) is 0 Å². The van der Waals surface area contributed by atoms with E-state index in [2.05, 4.69) is 15.7 Å². The van der Waals surface area contributed by atoms with Crippen molar-refractivity contribution in [3.8, 4) is 0 Å². The zero-order valence-electron chi connectivity index (χ0n) is 13.4. The number of aromatic nitrogens is 2. The molecule has 7 nitrogen and oxygen atoms in total. The Labute approximate surface area is 149 Å². The first-order valence-corrected chi connectivity index (χ1v) is 7.32. The Bertz CT molecular complexity index is 478. The van der Waals surface area contributed by atoms with E-state index in [1.54, 1.807) is 37.1 Å². The van der Waals surface area contributed by atoms with Gasteiger partial charge in [0.05, 0.1) is 6.54 Å². The van der Waals surface area contributed by atoms with Crippen molar-refractivity contribution in [2.75, 3.05) is 26.7 Å². The van der Waals surface area contributed by atoms with Crippen molar-refractivity contribution in [2.45, 2.75) is 31.8 Å². The lowest BCUT2D eigenvalue weighted by atomic mass is 10.1. The van der Waals surface area contributed by atoms with Gasteiger partial charge in [0, 0.05) is 32.0 Å². The molecule has 1 saturated heterocycles. The minimum absolute atomic E-state index is 0. The molecule has 0 saturated carbocycles. The number of piperidine rings is 1. The SMILES string of the molecule is CC(C(=O)N(C)CC(=O)N[C@H]1CCCNC1)n1cccn1.Cl.Cl. The molecule has 2 atom stereocenters. The first kappa shape index (κ1) is 21.7. The van der Waals surface area contributed by atoms with Crippen molar-refractivity contribution in [1.82, 2.24) is 25.3 Å². The van der Waals surface area contributed by atoms with Crippen LogP contribution in [0.5, 0.6) is 0 Å². The van der Waals surface area contributed by atoms with Gasteiger partial charge in [-0.1, -0.05) is 0 Å². The maximum atomic E-state index is 12.2. The molecule has 23 heavy (non-hydrogen) atoms. The predicted molar refractivity (Wildman–Crippen MR) is 93.1 cm³/mol. The van der Waals surface area contributed by atoms with E-state index in [1.165, 1.54) is 4.90 Å². The van der Waals surface area contributed by atoms with E-state index in [-0.39, 0.29) is 49.2 Å². The van der Waals surface area contributed by atoms with Crippen LogP contribution in [0, 0.1) is 0 Å². The second-order valence-electron chi connectivity index (χ2n) is 5.47. The number of halogens is 2. The summed E-state index contributed by atoms with van der Waals surface area (Å²) in [6, 6.07) is 1.53. The van der Waals surface area contributed by atoms with E-state index in [1.807, 2.05) is 0 Å². The summed E-state index contributed by atoms with van der Waals surface area (Å²) in [5.41, 5.74) is 0. The van der Waals surface area contributed by atoms with Crippen LogP contribution in [0.15, 0.2) is 18.5 Å². The van der Waals surface area contributed by atoms with Gasteiger partial charge in [-0.2, -0.15) is 5.10 Å². The Morgan fingerprint density at radius 1 is 1.48 bits per heavy atom. The predicted octanol–water partition coefficient (Wildman–Crippen LogP) is 0.614. The van der Waals surface area contributed by atoms with Gasteiger partial charge in [-0.05, 0) is 32.4 Å². The average molecular weight is 366 g/mol. The van der Waals surface area contributed by atoms with E-state index < -0.39 is 6.04 Å². The number of hydrogen-bond acceptors (Lipinski definition) is 4. The van der Waals surface area contributed by atoms with Crippen LogP contribution in [-0.4, -0.2) is 59.2 Å². The normalized spacial score (nSPS) is 18.1. The largest absolute Gasteiger partial charge is 0.351 e. The van der Waals surface area contributed by atoms with Gasteiger partial charge >= 0.3 is 0 Å². The highest BCUT2D eigenvalue weighted by atomic mass is 35.5. The third kappa shape index (κ3) is 6.37. The summed E-state index contributed by atoms with van der Waals surface area (Å²) in [6.45, 7) is 3.65. The van der Waals surface area contributed by atoms with Crippen molar-refractivity contribution < 1.29 is 9.59 Å². The van der Waals surface area contributed by atoms with Gasteiger partial charge in [0.15, 0.2) is 0 Å². The maximum absolute atomic E-state index is 12.2. The molecule has 9 heteroatoms. The van der Waals surface area contributed by atoms with Crippen LogP contribution in [0.1, 0.15) is 25.8 Å². The van der Waals surface area contributed by atoms with Crippen molar-refractivity contribution in [3.05, 3.63) is 18.5 Å². The molecule has 0 radical (unpaired) electrons. The number of hydrogen-bond donors (Lipinski definition) is 2. The van der Waals surface area contributed by atoms with Crippen molar-refractivity contribution in [2.24, 2.45) is 0 Å². The molecule has 1 unspecified atom stereocenters. The standard InChI is InChI=1S/C14H23N5O2.2ClH/c1-11(19-8-4-7-16-19)14(21)18(2)10-13(20)17-12-5-3-6-15-9-12;;/h4,7-8,11-12,15H,3,5-6,9-10H2,1-2H3,(H,17,20);2*1H/t11?,12-;;/m0../s1. The third-order valence-electron chi connectivity index (χ3n) is 3.70. The molecule has 1 aromatic heterocycles.